The second kappa shape index (κ2) is 11.7. The molecule has 1 fully saturated rings. The molecule has 11 heteroatoms. The number of methoxy groups -OCH3 is 2. The van der Waals surface area contributed by atoms with E-state index >= 15 is 0 Å². The number of rotatable bonds is 10. The van der Waals surface area contributed by atoms with Crippen molar-refractivity contribution in [3.05, 3.63) is 64.0 Å². The summed E-state index contributed by atoms with van der Waals surface area (Å²) >= 11 is 0. The first kappa shape index (κ1) is 26.5. The van der Waals surface area contributed by atoms with E-state index in [0.717, 1.165) is 11.6 Å². The van der Waals surface area contributed by atoms with E-state index < -0.39 is 22.9 Å². The molecule has 1 aromatic heterocycles. The summed E-state index contributed by atoms with van der Waals surface area (Å²) in [6.07, 6.45) is 1.58. The summed E-state index contributed by atoms with van der Waals surface area (Å²) in [5, 5.41) is 12.1. The zero-order valence-corrected chi connectivity index (χ0v) is 20.7. The molecule has 4 rings (SSSR count). The molecular weight excluding hydrogens is 485 g/mol. The number of aliphatic hydroxyl groups excluding tert-OH is 1. The molecule has 2 unspecified atom stereocenters. The molecular formula is C26H30FN3O7. The molecule has 0 bridgehead atoms. The number of halogens is 1. The number of aromatic nitrogens is 2. The minimum Gasteiger partial charge on any atom is -0.497 e. The largest absolute Gasteiger partial charge is 0.497 e. The predicted octanol–water partition coefficient (Wildman–Crippen LogP) is 2.33. The van der Waals surface area contributed by atoms with Crippen LogP contribution in [-0.4, -0.2) is 66.7 Å². The lowest BCUT2D eigenvalue weighted by atomic mass is 9.93. The topological polar surface area (TPSA) is 132 Å². The van der Waals surface area contributed by atoms with Crippen LogP contribution in [0.15, 0.2) is 41.2 Å². The normalized spacial score (nSPS) is 19.5. The van der Waals surface area contributed by atoms with E-state index in [0.29, 0.717) is 25.0 Å². The van der Waals surface area contributed by atoms with E-state index in [1.165, 1.54) is 13.2 Å². The first-order valence-corrected chi connectivity index (χ1v) is 11.9. The van der Waals surface area contributed by atoms with Crippen molar-refractivity contribution in [2.24, 2.45) is 0 Å². The Kier molecular flexibility index (Phi) is 8.37. The highest BCUT2D eigenvalue weighted by Crippen LogP contribution is 2.29. The van der Waals surface area contributed by atoms with Crippen LogP contribution < -0.4 is 20.3 Å². The first-order chi connectivity index (χ1) is 17.9. The summed E-state index contributed by atoms with van der Waals surface area (Å²) in [5.74, 6) is -1.07. The van der Waals surface area contributed by atoms with Gasteiger partial charge in [0.1, 0.15) is 16.7 Å². The fourth-order valence-corrected chi connectivity index (χ4v) is 4.19. The Morgan fingerprint density at radius 3 is 2.86 bits per heavy atom. The monoisotopic (exact) mass is 515 g/mol. The van der Waals surface area contributed by atoms with Crippen LogP contribution in [0.25, 0.3) is 10.9 Å². The van der Waals surface area contributed by atoms with Crippen LogP contribution in [0.3, 0.4) is 0 Å². The van der Waals surface area contributed by atoms with Gasteiger partial charge < -0.3 is 34.4 Å². The van der Waals surface area contributed by atoms with Gasteiger partial charge in [-0.05, 0) is 42.7 Å². The number of hydrogen-bond donors (Lipinski definition) is 3. The molecule has 37 heavy (non-hydrogen) atoms. The molecule has 3 aromatic rings. The van der Waals surface area contributed by atoms with Crippen molar-refractivity contribution >= 4 is 16.8 Å². The molecule has 3 N–H and O–H groups in total. The van der Waals surface area contributed by atoms with E-state index in [1.807, 2.05) is 6.07 Å². The van der Waals surface area contributed by atoms with Gasteiger partial charge >= 0.3 is 0 Å². The fraction of sp³-hybridized carbons (Fsp3) is 0.423. The van der Waals surface area contributed by atoms with E-state index in [-0.39, 0.29) is 54.9 Å². The molecule has 0 saturated carbocycles. The van der Waals surface area contributed by atoms with Crippen LogP contribution in [0.5, 0.6) is 11.5 Å². The van der Waals surface area contributed by atoms with E-state index in [2.05, 4.69) is 15.3 Å². The number of nitrogens with one attached hydrogen (secondary N) is 2. The maximum Gasteiger partial charge on any atom is 0.287 e. The van der Waals surface area contributed by atoms with Crippen molar-refractivity contribution in [3.63, 3.8) is 0 Å². The Balaban J connectivity index is 1.42. The molecule has 2 aromatic carbocycles. The lowest BCUT2D eigenvalue weighted by Crippen LogP contribution is -2.46. The standard InChI is InChI=1S/C26H30FN3O7/c1-34-18-5-3-4-16(12-18)13-28-25(33)23-29-20-7-6-19(27)22(21(20)24(32)30-23)36-11-9-17-8-10-26(14-31,35-2)15-37-17/h3-7,12,17,31H,8-11,13-15H2,1-2H3,(H,28,33)(H,29,30,32). The highest BCUT2D eigenvalue weighted by Gasteiger charge is 2.35. The molecule has 2 atom stereocenters. The van der Waals surface area contributed by atoms with Gasteiger partial charge in [0.2, 0.25) is 0 Å². The van der Waals surface area contributed by atoms with E-state index in [4.69, 9.17) is 18.9 Å². The number of aromatic amines is 1. The first-order valence-electron chi connectivity index (χ1n) is 11.9. The van der Waals surface area contributed by atoms with Gasteiger partial charge in [0.05, 0.1) is 38.6 Å². The fourth-order valence-electron chi connectivity index (χ4n) is 4.19. The second-order valence-electron chi connectivity index (χ2n) is 8.87. The van der Waals surface area contributed by atoms with Gasteiger partial charge in [0.15, 0.2) is 17.4 Å². The summed E-state index contributed by atoms with van der Waals surface area (Å²) in [4.78, 5) is 32.1. The molecule has 0 radical (unpaired) electrons. The number of carbonyl (C=O) groups excluding carboxylic acids is 1. The van der Waals surface area contributed by atoms with Gasteiger partial charge in [0, 0.05) is 20.1 Å². The third kappa shape index (κ3) is 6.07. The number of carbonyl (C=O) groups is 1. The average Bonchev–Trinajstić information content (AvgIpc) is 2.93. The summed E-state index contributed by atoms with van der Waals surface area (Å²) < 4.78 is 36.6. The Labute approximate surface area is 212 Å². The summed E-state index contributed by atoms with van der Waals surface area (Å²) in [6, 6.07) is 9.67. The summed E-state index contributed by atoms with van der Waals surface area (Å²) in [7, 11) is 3.09. The number of hydrogen-bond acceptors (Lipinski definition) is 8. The number of fused-ring (bicyclic) bond motifs is 1. The van der Waals surface area contributed by atoms with Crippen molar-refractivity contribution < 1.29 is 33.2 Å². The number of amides is 1. The van der Waals surface area contributed by atoms with Crippen LogP contribution in [0, 0.1) is 5.82 Å². The lowest BCUT2D eigenvalue weighted by Gasteiger charge is -2.37. The minimum absolute atomic E-state index is 0.0763. The number of nitrogens with zero attached hydrogens (tertiary/aromatic N) is 1. The summed E-state index contributed by atoms with van der Waals surface area (Å²) in [6.45, 7) is 0.412. The Hall–Kier alpha value is -3.54. The average molecular weight is 516 g/mol. The van der Waals surface area contributed by atoms with Crippen molar-refractivity contribution in [2.45, 2.75) is 37.5 Å². The maximum absolute atomic E-state index is 14.6. The zero-order chi connectivity index (χ0) is 26.4. The Morgan fingerprint density at radius 1 is 1.32 bits per heavy atom. The molecule has 1 amide bonds. The highest BCUT2D eigenvalue weighted by molar-refractivity contribution is 5.93. The van der Waals surface area contributed by atoms with Gasteiger partial charge in [-0.25, -0.2) is 9.37 Å². The molecule has 2 heterocycles. The van der Waals surface area contributed by atoms with Gasteiger partial charge in [-0.3, -0.25) is 9.59 Å². The Bertz CT molecular complexity index is 1300. The van der Waals surface area contributed by atoms with Crippen molar-refractivity contribution in [1.82, 2.24) is 15.3 Å². The molecule has 1 aliphatic heterocycles. The SMILES string of the molecule is COc1cccc(CNC(=O)c2nc3ccc(F)c(OCCC4CCC(CO)(OC)CO4)c3c(=O)[nH]2)c1. The summed E-state index contributed by atoms with van der Waals surface area (Å²) in [5.41, 5.74) is -0.447. The Morgan fingerprint density at radius 2 is 2.16 bits per heavy atom. The quantitative estimate of drug-likeness (QED) is 0.375. The van der Waals surface area contributed by atoms with Crippen LogP contribution in [-0.2, 0) is 16.0 Å². The van der Waals surface area contributed by atoms with Crippen molar-refractivity contribution in [1.29, 1.82) is 0 Å². The molecule has 0 aliphatic carbocycles. The minimum atomic E-state index is -0.710. The van der Waals surface area contributed by atoms with Crippen molar-refractivity contribution in [3.8, 4) is 11.5 Å². The van der Waals surface area contributed by atoms with E-state index in [9.17, 15) is 19.1 Å². The maximum atomic E-state index is 14.6. The van der Waals surface area contributed by atoms with Gasteiger partial charge in [-0.2, -0.15) is 0 Å². The van der Waals surface area contributed by atoms with Crippen LogP contribution >= 0.6 is 0 Å². The predicted molar refractivity (Wildman–Crippen MR) is 132 cm³/mol. The highest BCUT2D eigenvalue weighted by atomic mass is 19.1. The van der Waals surface area contributed by atoms with Gasteiger partial charge in [0.25, 0.3) is 11.5 Å². The third-order valence-corrected chi connectivity index (χ3v) is 6.49. The van der Waals surface area contributed by atoms with Gasteiger partial charge in [-0.1, -0.05) is 12.1 Å². The number of ether oxygens (including phenoxy) is 4. The molecule has 0 spiro atoms. The number of aliphatic hydroxyl groups is 1. The zero-order valence-electron chi connectivity index (χ0n) is 20.7. The number of benzene rings is 2. The molecule has 1 aliphatic rings. The second-order valence-corrected chi connectivity index (χ2v) is 8.87. The molecule has 198 valence electrons. The van der Waals surface area contributed by atoms with Crippen LogP contribution in [0.4, 0.5) is 4.39 Å². The van der Waals surface area contributed by atoms with Gasteiger partial charge in [-0.15, -0.1) is 0 Å². The van der Waals surface area contributed by atoms with Crippen LogP contribution in [0.1, 0.15) is 35.4 Å². The molecule has 1 saturated heterocycles. The van der Waals surface area contributed by atoms with Crippen molar-refractivity contribution in [2.75, 3.05) is 34.0 Å². The number of H-pyrrole nitrogens is 1. The third-order valence-electron chi connectivity index (χ3n) is 6.49. The lowest BCUT2D eigenvalue weighted by molar-refractivity contribution is -0.158. The molecule has 10 nitrogen and oxygen atoms in total. The van der Waals surface area contributed by atoms with Crippen LogP contribution in [0.2, 0.25) is 0 Å². The smallest absolute Gasteiger partial charge is 0.287 e. The van der Waals surface area contributed by atoms with E-state index in [1.54, 1.807) is 25.3 Å².